The second-order valence-corrected chi connectivity index (χ2v) is 5.25. The summed E-state index contributed by atoms with van der Waals surface area (Å²) in [6.45, 7) is 4.25. The van der Waals surface area contributed by atoms with E-state index in [4.69, 9.17) is 5.11 Å². The van der Waals surface area contributed by atoms with E-state index in [1.54, 1.807) is 40.2 Å². The third-order valence-corrected chi connectivity index (χ3v) is 3.70. The van der Waals surface area contributed by atoms with Gasteiger partial charge in [-0.2, -0.15) is 5.10 Å². The summed E-state index contributed by atoms with van der Waals surface area (Å²) in [6.07, 6.45) is 3.36. The Bertz CT molecular complexity index is 590. The highest BCUT2D eigenvalue weighted by Crippen LogP contribution is 2.27. The molecule has 0 atom stereocenters. The van der Waals surface area contributed by atoms with Crippen molar-refractivity contribution >= 4 is 17.2 Å². The molecule has 2 rings (SSSR count). The summed E-state index contributed by atoms with van der Waals surface area (Å²) in [6, 6.07) is 3.87. The molecule has 2 aromatic rings. The van der Waals surface area contributed by atoms with Gasteiger partial charge in [0.05, 0.1) is 17.0 Å². The number of hydrogen-bond acceptors (Lipinski definition) is 4. The predicted octanol–water partition coefficient (Wildman–Crippen LogP) is 1.77. The maximum Gasteiger partial charge on any atom is 0.258 e. The summed E-state index contributed by atoms with van der Waals surface area (Å²) >= 11 is 1.54. The smallest absolute Gasteiger partial charge is 0.258 e. The fourth-order valence-corrected chi connectivity index (χ4v) is 2.69. The number of amides is 1. The first kappa shape index (κ1) is 14.5. The van der Waals surface area contributed by atoms with Crippen LogP contribution in [0.3, 0.4) is 0 Å². The third kappa shape index (κ3) is 2.97. The van der Waals surface area contributed by atoms with Crippen molar-refractivity contribution < 1.29 is 9.90 Å². The molecule has 20 heavy (non-hydrogen) atoms. The van der Waals surface area contributed by atoms with Gasteiger partial charge in [0.25, 0.3) is 5.91 Å². The summed E-state index contributed by atoms with van der Waals surface area (Å²) in [4.78, 5) is 15.1. The van der Waals surface area contributed by atoms with Crippen LogP contribution in [-0.2, 0) is 7.05 Å². The number of nitrogens with zero attached hydrogens (tertiary/aromatic N) is 3. The van der Waals surface area contributed by atoms with Gasteiger partial charge in [0, 0.05) is 26.3 Å². The minimum atomic E-state index is -0.143. The van der Waals surface area contributed by atoms with E-state index in [1.807, 2.05) is 17.5 Å². The quantitative estimate of drug-likeness (QED) is 0.825. The van der Waals surface area contributed by atoms with Crippen LogP contribution in [0, 0.1) is 0 Å². The molecular formula is C14H17N3O2S. The van der Waals surface area contributed by atoms with E-state index < -0.39 is 0 Å². The van der Waals surface area contributed by atoms with Crippen LogP contribution < -0.4 is 0 Å². The maximum atomic E-state index is 12.6. The molecule has 5 nitrogen and oxygen atoms in total. The minimum Gasteiger partial charge on any atom is -0.395 e. The van der Waals surface area contributed by atoms with Crippen LogP contribution in [0.15, 0.2) is 36.4 Å². The molecule has 0 bridgehead atoms. The van der Waals surface area contributed by atoms with Gasteiger partial charge in [-0.3, -0.25) is 9.48 Å². The number of aliphatic hydroxyl groups is 1. The monoisotopic (exact) mass is 291 g/mol. The number of aryl methyl sites for hydroxylation is 1. The average Bonchev–Trinajstić information content (AvgIpc) is 3.06. The highest BCUT2D eigenvalue weighted by Gasteiger charge is 2.22. The van der Waals surface area contributed by atoms with Gasteiger partial charge in [0.1, 0.15) is 5.69 Å². The average molecular weight is 291 g/mol. The molecule has 1 N–H and O–H groups in total. The van der Waals surface area contributed by atoms with Crippen molar-refractivity contribution in [2.24, 2.45) is 7.05 Å². The van der Waals surface area contributed by atoms with E-state index in [0.717, 1.165) is 4.88 Å². The zero-order valence-electron chi connectivity index (χ0n) is 11.3. The zero-order chi connectivity index (χ0) is 14.5. The Morgan fingerprint density at radius 1 is 1.65 bits per heavy atom. The number of thiophene rings is 1. The van der Waals surface area contributed by atoms with E-state index in [-0.39, 0.29) is 19.1 Å². The van der Waals surface area contributed by atoms with Crippen molar-refractivity contribution in [3.8, 4) is 10.6 Å². The molecule has 0 saturated heterocycles. The van der Waals surface area contributed by atoms with Crippen molar-refractivity contribution in [2.75, 3.05) is 19.7 Å². The number of aromatic nitrogens is 2. The largest absolute Gasteiger partial charge is 0.395 e. The summed E-state index contributed by atoms with van der Waals surface area (Å²) in [5.74, 6) is -0.143. The second kappa shape index (κ2) is 6.49. The van der Waals surface area contributed by atoms with Crippen LogP contribution in [0.5, 0.6) is 0 Å². The summed E-state index contributed by atoms with van der Waals surface area (Å²) in [5, 5.41) is 15.4. The Balaban J connectivity index is 2.36. The van der Waals surface area contributed by atoms with Crippen LogP contribution in [0.1, 0.15) is 10.4 Å². The highest BCUT2D eigenvalue weighted by atomic mass is 32.1. The molecule has 0 radical (unpaired) electrons. The predicted molar refractivity (Wildman–Crippen MR) is 79.7 cm³/mol. The van der Waals surface area contributed by atoms with E-state index >= 15 is 0 Å². The molecule has 0 unspecified atom stereocenters. The Kier molecular flexibility index (Phi) is 4.70. The molecular weight excluding hydrogens is 274 g/mol. The molecule has 1 amide bonds. The lowest BCUT2D eigenvalue weighted by Crippen LogP contribution is -2.33. The first-order valence-corrected chi connectivity index (χ1v) is 7.14. The zero-order valence-corrected chi connectivity index (χ0v) is 12.1. The molecule has 0 fully saturated rings. The highest BCUT2D eigenvalue weighted by molar-refractivity contribution is 7.13. The number of carbonyl (C=O) groups is 1. The molecule has 0 spiro atoms. The number of rotatable bonds is 6. The molecule has 0 aliphatic rings. The lowest BCUT2D eigenvalue weighted by atomic mass is 10.2. The SMILES string of the molecule is C=CCN(CCO)C(=O)c1cn(C)nc1-c1cccs1. The van der Waals surface area contributed by atoms with Crippen molar-refractivity contribution in [1.29, 1.82) is 0 Å². The molecule has 0 aliphatic heterocycles. The van der Waals surface area contributed by atoms with Crippen molar-refractivity contribution in [3.05, 3.63) is 41.9 Å². The molecule has 0 saturated carbocycles. The van der Waals surface area contributed by atoms with Crippen molar-refractivity contribution in [2.45, 2.75) is 0 Å². The Labute approximate surface area is 121 Å². The number of hydrogen-bond donors (Lipinski definition) is 1. The van der Waals surface area contributed by atoms with Crippen LogP contribution in [0.2, 0.25) is 0 Å². The van der Waals surface area contributed by atoms with Gasteiger partial charge in [0.2, 0.25) is 0 Å². The first-order chi connectivity index (χ1) is 9.67. The van der Waals surface area contributed by atoms with Crippen molar-refractivity contribution in [3.63, 3.8) is 0 Å². The van der Waals surface area contributed by atoms with Crippen molar-refractivity contribution in [1.82, 2.24) is 14.7 Å². The fourth-order valence-electron chi connectivity index (χ4n) is 1.96. The maximum absolute atomic E-state index is 12.6. The molecule has 2 heterocycles. The van der Waals surface area contributed by atoms with Gasteiger partial charge in [0.15, 0.2) is 0 Å². The molecule has 106 valence electrons. The lowest BCUT2D eigenvalue weighted by Gasteiger charge is -2.19. The molecule has 0 aromatic carbocycles. The number of carbonyl (C=O) groups excluding carboxylic acids is 1. The van der Waals surface area contributed by atoms with Gasteiger partial charge in [-0.1, -0.05) is 12.1 Å². The van der Waals surface area contributed by atoms with Gasteiger partial charge >= 0.3 is 0 Å². The van der Waals surface area contributed by atoms with Crippen LogP contribution in [0.25, 0.3) is 10.6 Å². The van der Waals surface area contributed by atoms with Gasteiger partial charge < -0.3 is 10.0 Å². The first-order valence-electron chi connectivity index (χ1n) is 6.26. The second-order valence-electron chi connectivity index (χ2n) is 4.31. The normalized spacial score (nSPS) is 10.5. The van der Waals surface area contributed by atoms with E-state index in [0.29, 0.717) is 17.8 Å². The number of aliphatic hydroxyl groups excluding tert-OH is 1. The van der Waals surface area contributed by atoms with Crippen LogP contribution >= 0.6 is 11.3 Å². The third-order valence-electron chi connectivity index (χ3n) is 2.82. The van der Waals surface area contributed by atoms with Crippen LogP contribution in [-0.4, -0.2) is 45.4 Å². The summed E-state index contributed by atoms with van der Waals surface area (Å²) in [7, 11) is 1.79. The molecule has 2 aromatic heterocycles. The standard InChI is InChI=1S/C14H17N3O2S/c1-3-6-17(7-8-18)14(19)11-10-16(2)15-13(11)12-5-4-9-20-12/h3-5,9-10,18H,1,6-8H2,2H3. The van der Waals surface area contributed by atoms with E-state index in [1.165, 1.54) is 0 Å². The molecule has 6 heteroatoms. The lowest BCUT2D eigenvalue weighted by molar-refractivity contribution is 0.0743. The van der Waals surface area contributed by atoms with E-state index in [9.17, 15) is 4.79 Å². The summed E-state index contributed by atoms with van der Waals surface area (Å²) in [5.41, 5.74) is 1.23. The minimum absolute atomic E-state index is 0.0752. The Hall–Kier alpha value is -1.92. The van der Waals surface area contributed by atoms with Gasteiger partial charge in [-0.25, -0.2) is 0 Å². The molecule has 0 aliphatic carbocycles. The Morgan fingerprint density at radius 2 is 2.45 bits per heavy atom. The van der Waals surface area contributed by atoms with Crippen LogP contribution in [0.4, 0.5) is 0 Å². The topological polar surface area (TPSA) is 58.4 Å². The van der Waals surface area contributed by atoms with Gasteiger partial charge in [-0.05, 0) is 11.4 Å². The summed E-state index contributed by atoms with van der Waals surface area (Å²) < 4.78 is 1.63. The Morgan fingerprint density at radius 3 is 3.05 bits per heavy atom. The van der Waals surface area contributed by atoms with Gasteiger partial charge in [-0.15, -0.1) is 17.9 Å². The fraction of sp³-hybridized carbons (Fsp3) is 0.286. The van der Waals surface area contributed by atoms with E-state index in [2.05, 4.69) is 11.7 Å².